The van der Waals surface area contributed by atoms with E-state index in [4.69, 9.17) is 4.74 Å². The van der Waals surface area contributed by atoms with E-state index in [9.17, 15) is 32.3 Å². The van der Waals surface area contributed by atoms with Crippen LogP contribution in [0.25, 0.3) is 10.8 Å². The minimum Gasteiger partial charge on any atom is -0.487 e. The van der Waals surface area contributed by atoms with E-state index in [1.165, 1.54) is 18.3 Å². The van der Waals surface area contributed by atoms with E-state index in [1.54, 1.807) is 12.1 Å². The first-order valence-corrected chi connectivity index (χ1v) is 10.0. The van der Waals surface area contributed by atoms with Gasteiger partial charge in [0.05, 0.1) is 11.1 Å². The zero-order valence-corrected chi connectivity index (χ0v) is 17.1. The number of amides is 1. The van der Waals surface area contributed by atoms with Crippen LogP contribution in [0.4, 0.5) is 17.6 Å². The number of hydrogen-bond acceptors (Lipinski definition) is 4. The van der Waals surface area contributed by atoms with Crippen molar-refractivity contribution in [2.75, 3.05) is 0 Å². The fourth-order valence-corrected chi connectivity index (χ4v) is 3.71. The fraction of sp³-hybridized carbons (Fsp3) is 0.261. The summed E-state index contributed by atoms with van der Waals surface area (Å²) in [6.07, 6.45) is -1.64. The molecule has 1 amide bonds. The Labute approximate surface area is 185 Å². The molecule has 3 aromatic rings. The number of carbonyl (C=O) groups is 2. The van der Waals surface area contributed by atoms with Crippen molar-refractivity contribution < 1.29 is 37.0 Å². The van der Waals surface area contributed by atoms with Crippen molar-refractivity contribution in [3.05, 3.63) is 71.3 Å². The summed E-state index contributed by atoms with van der Waals surface area (Å²) in [6, 6.07) is 7.95. The fourth-order valence-electron chi connectivity index (χ4n) is 3.71. The molecular weight excluding hydrogens is 444 g/mol. The first kappa shape index (κ1) is 22.5. The van der Waals surface area contributed by atoms with Gasteiger partial charge in [-0.1, -0.05) is 24.3 Å². The van der Waals surface area contributed by atoms with Crippen molar-refractivity contribution >= 4 is 22.6 Å². The molecule has 33 heavy (non-hydrogen) atoms. The Morgan fingerprint density at radius 1 is 1.12 bits per heavy atom. The van der Waals surface area contributed by atoms with E-state index in [0.717, 1.165) is 12.1 Å². The molecule has 0 spiro atoms. The van der Waals surface area contributed by atoms with Crippen LogP contribution in [-0.4, -0.2) is 27.5 Å². The number of ether oxygens (including phenoxy) is 1. The minimum atomic E-state index is -4.59. The van der Waals surface area contributed by atoms with E-state index in [0.29, 0.717) is 12.6 Å². The standard InChI is InChI=1S/C23H18F4N2O4/c24-18-9-17(20(30)29-22(21(31)32)6-3-7-22)19(16-5-2-1-4-15(16)18)33-12-13-8-14(11-28-10-13)23(25,26)27/h1-2,4-5,8-11H,3,6-7,12H2,(H,29,30)(H,31,32). The molecule has 1 fully saturated rings. The number of alkyl halides is 3. The van der Waals surface area contributed by atoms with Crippen LogP contribution in [0.1, 0.15) is 40.7 Å². The lowest BCUT2D eigenvalue weighted by atomic mass is 9.76. The van der Waals surface area contributed by atoms with Gasteiger partial charge in [0, 0.05) is 28.7 Å². The van der Waals surface area contributed by atoms with Gasteiger partial charge in [-0.15, -0.1) is 0 Å². The predicted octanol–water partition coefficient (Wildman–Crippen LogP) is 4.71. The topological polar surface area (TPSA) is 88.5 Å². The molecular formula is C23H18F4N2O4. The van der Waals surface area contributed by atoms with Gasteiger partial charge in [0.25, 0.3) is 5.91 Å². The summed E-state index contributed by atoms with van der Waals surface area (Å²) in [5, 5.41) is 12.3. The van der Waals surface area contributed by atoms with Gasteiger partial charge in [0.2, 0.25) is 0 Å². The Balaban J connectivity index is 1.71. The van der Waals surface area contributed by atoms with E-state index >= 15 is 0 Å². The Kier molecular flexibility index (Phi) is 5.69. The van der Waals surface area contributed by atoms with Gasteiger partial charge in [-0.25, -0.2) is 9.18 Å². The van der Waals surface area contributed by atoms with Gasteiger partial charge in [0.1, 0.15) is 23.7 Å². The largest absolute Gasteiger partial charge is 0.487 e. The molecule has 1 heterocycles. The van der Waals surface area contributed by atoms with Crippen molar-refractivity contribution in [2.45, 2.75) is 37.6 Å². The summed E-state index contributed by atoms with van der Waals surface area (Å²) in [4.78, 5) is 28.2. The van der Waals surface area contributed by atoms with Gasteiger partial charge in [0.15, 0.2) is 0 Å². The van der Waals surface area contributed by atoms with Crippen molar-refractivity contribution in [1.82, 2.24) is 10.3 Å². The number of carboxylic acids is 1. The molecule has 4 rings (SSSR count). The average molecular weight is 462 g/mol. The smallest absolute Gasteiger partial charge is 0.417 e. The number of fused-ring (bicyclic) bond motifs is 1. The molecule has 1 saturated carbocycles. The number of halogens is 4. The van der Waals surface area contributed by atoms with Crippen LogP contribution >= 0.6 is 0 Å². The normalized spacial score (nSPS) is 15.0. The van der Waals surface area contributed by atoms with Crippen LogP contribution in [-0.2, 0) is 17.6 Å². The molecule has 10 heteroatoms. The van der Waals surface area contributed by atoms with E-state index in [-0.39, 0.29) is 47.1 Å². The van der Waals surface area contributed by atoms with Crippen LogP contribution < -0.4 is 10.1 Å². The van der Waals surface area contributed by atoms with E-state index in [1.807, 2.05) is 0 Å². The molecule has 0 aliphatic heterocycles. The minimum absolute atomic E-state index is 0.0678. The lowest BCUT2D eigenvalue weighted by molar-refractivity contribution is -0.148. The number of carboxylic acid groups (broad SMARTS) is 1. The van der Waals surface area contributed by atoms with Crippen molar-refractivity contribution in [3.8, 4) is 5.75 Å². The first-order chi connectivity index (χ1) is 15.6. The molecule has 0 unspecified atom stereocenters. The lowest BCUT2D eigenvalue weighted by Crippen LogP contribution is -2.59. The number of aliphatic carboxylic acids is 1. The molecule has 0 radical (unpaired) electrons. The average Bonchev–Trinajstić information content (AvgIpc) is 2.74. The first-order valence-electron chi connectivity index (χ1n) is 10.0. The number of nitrogens with one attached hydrogen (secondary N) is 1. The second-order valence-corrected chi connectivity index (χ2v) is 7.84. The summed E-state index contributed by atoms with van der Waals surface area (Å²) in [5.74, 6) is -2.83. The van der Waals surface area contributed by atoms with Crippen LogP contribution in [0.3, 0.4) is 0 Å². The third kappa shape index (κ3) is 4.33. The maximum absolute atomic E-state index is 14.7. The highest BCUT2D eigenvalue weighted by atomic mass is 19.4. The number of rotatable bonds is 6. The molecule has 0 saturated heterocycles. The number of pyridine rings is 1. The highest BCUT2D eigenvalue weighted by Crippen LogP contribution is 2.36. The quantitative estimate of drug-likeness (QED) is 0.518. The molecule has 2 N–H and O–H groups in total. The Morgan fingerprint density at radius 2 is 1.82 bits per heavy atom. The highest BCUT2D eigenvalue weighted by Gasteiger charge is 2.46. The van der Waals surface area contributed by atoms with Crippen LogP contribution in [0.2, 0.25) is 0 Å². The van der Waals surface area contributed by atoms with Gasteiger partial charge in [-0.3, -0.25) is 9.78 Å². The van der Waals surface area contributed by atoms with E-state index in [2.05, 4.69) is 10.3 Å². The maximum atomic E-state index is 14.7. The van der Waals surface area contributed by atoms with Crippen molar-refractivity contribution in [3.63, 3.8) is 0 Å². The molecule has 6 nitrogen and oxygen atoms in total. The molecule has 1 aliphatic rings. The number of nitrogens with zero attached hydrogens (tertiary/aromatic N) is 1. The van der Waals surface area contributed by atoms with Crippen LogP contribution in [0.15, 0.2) is 48.8 Å². The van der Waals surface area contributed by atoms with Gasteiger partial charge in [-0.05, 0) is 31.4 Å². The van der Waals surface area contributed by atoms with Gasteiger partial charge >= 0.3 is 12.1 Å². The maximum Gasteiger partial charge on any atom is 0.417 e. The zero-order chi connectivity index (χ0) is 23.8. The third-order valence-corrected chi connectivity index (χ3v) is 5.66. The van der Waals surface area contributed by atoms with Crippen molar-refractivity contribution in [2.24, 2.45) is 0 Å². The lowest BCUT2D eigenvalue weighted by Gasteiger charge is -2.38. The Bertz CT molecular complexity index is 1240. The summed E-state index contributed by atoms with van der Waals surface area (Å²) in [7, 11) is 0. The monoisotopic (exact) mass is 462 g/mol. The molecule has 1 aromatic heterocycles. The number of hydrogen-bond donors (Lipinski definition) is 2. The van der Waals surface area contributed by atoms with Crippen LogP contribution in [0, 0.1) is 5.82 Å². The molecule has 2 aromatic carbocycles. The third-order valence-electron chi connectivity index (χ3n) is 5.66. The van der Waals surface area contributed by atoms with Gasteiger partial charge in [-0.2, -0.15) is 13.2 Å². The Hall–Kier alpha value is -3.69. The summed E-state index contributed by atoms with van der Waals surface area (Å²) < 4.78 is 59.4. The molecule has 0 atom stereocenters. The van der Waals surface area contributed by atoms with E-state index < -0.39 is 35.0 Å². The summed E-state index contributed by atoms with van der Waals surface area (Å²) in [6.45, 7) is -0.378. The molecule has 0 bridgehead atoms. The van der Waals surface area contributed by atoms with Crippen LogP contribution in [0.5, 0.6) is 5.75 Å². The summed E-state index contributed by atoms with van der Waals surface area (Å²) >= 11 is 0. The Morgan fingerprint density at radius 3 is 2.42 bits per heavy atom. The summed E-state index contributed by atoms with van der Waals surface area (Å²) in [5.41, 5.74) is -2.57. The highest BCUT2D eigenvalue weighted by molar-refractivity contribution is 6.05. The second-order valence-electron chi connectivity index (χ2n) is 7.84. The van der Waals surface area contributed by atoms with Crippen molar-refractivity contribution in [1.29, 1.82) is 0 Å². The number of aromatic nitrogens is 1. The number of benzene rings is 2. The molecule has 172 valence electrons. The predicted molar refractivity (Wildman–Crippen MR) is 109 cm³/mol. The molecule has 1 aliphatic carbocycles. The number of carbonyl (C=O) groups excluding carboxylic acids is 1. The SMILES string of the molecule is O=C(NC1(C(=O)O)CCC1)c1cc(F)c2ccccc2c1OCc1cncc(C(F)(F)F)c1. The zero-order valence-electron chi connectivity index (χ0n) is 17.1. The second kappa shape index (κ2) is 8.34. The van der Waals surface area contributed by atoms with Gasteiger partial charge < -0.3 is 15.2 Å².